The van der Waals surface area contributed by atoms with E-state index in [1.165, 1.54) is 6.07 Å². The van der Waals surface area contributed by atoms with E-state index in [1.54, 1.807) is 18.2 Å². The van der Waals surface area contributed by atoms with Gasteiger partial charge in [-0.15, -0.1) is 0 Å². The molecule has 0 N–H and O–H groups in total. The van der Waals surface area contributed by atoms with Gasteiger partial charge in [-0.1, -0.05) is 23.7 Å². The molecule has 19 heavy (non-hydrogen) atoms. The molecular formula is C14H9ClN2O2. The van der Waals surface area contributed by atoms with Crippen molar-refractivity contribution < 1.29 is 4.92 Å². The molecule has 0 bridgehead atoms. The summed E-state index contributed by atoms with van der Waals surface area (Å²) in [6.07, 6.45) is 1.85. The van der Waals surface area contributed by atoms with Crippen molar-refractivity contribution in [1.82, 2.24) is 4.40 Å². The molecule has 5 heteroatoms. The van der Waals surface area contributed by atoms with Crippen molar-refractivity contribution in [2.75, 3.05) is 0 Å². The summed E-state index contributed by atoms with van der Waals surface area (Å²) in [5, 5.41) is 11.5. The lowest BCUT2D eigenvalue weighted by Crippen LogP contribution is -1.90. The Morgan fingerprint density at radius 3 is 2.74 bits per heavy atom. The molecule has 2 heterocycles. The van der Waals surface area contributed by atoms with Crippen LogP contribution >= 0.6 is 11.6 Å². The summed E-state index contributed by atoms with van der Waals surface area (Å²) in [6.45, 7) is 0. The SMILES string of the molecule is O=[N+]([O-])c1cccc(-c2ccc3cc(Cl)ccn23)c1. The van der Waals surface area contributed by atoms with Crippen molar-refractivity contribution in [2.45, 2.75) is 0 Å². The molecule has 0 amide bonds. The number of hydrogen-bond acceptors (Lipinski definition) is 2. The smallest absolute Gasteiger partial charge is 0.270 e. The highest BCUT2D eigenvalue weighted by Crippen LogP contribution is 2.26. The van der Waals surface area contributed by atoms with Gasteiger partial charge in [0.2, 0.25) is 0 Å². The maximum atomic E-state index is 10.8. The molecule has 0 atom stereocenters. The van der Waals surface area contributed by atoms with E-state index >= 15 is 0 Å². The van der Waals surface area contributed by atoms with E-state index in [9.17, 15) is 10.1 Å². The fraction of sp³-hybridized carbons (Fsp3) is 0. The first kappa shape index (κ1) is 11.7. The second kappa shape index (κ2) is 4.40. The van der Waals surface area contributed by atoms with Gasteiger partial charge in [-0.2, -0.15) is 0 Å². The number of hydrogen-bond donors (Lipinski definition) is 0. The third kappa shape index (κ3) is 2.06. The van der Waals surface area contributed by atoms with Crippen LogP contribution in [-0.2, 0) is 0 Å². The van der Waals surface area contributed by atoms with E-state index in [2.05, 4.69) is 0 Å². The molecule has 0 saturated carbocycles. The number of halogens is 1. The second-order valence-electron chi connectivity index (χ2n) is 4.17. The summed E-state index contributed by atoms with van der Waals surface area (Å²) in [5.74, 6) is 0. The summed E-state index contributed by atoms with van der Waals surface area (Å²) in [6, 6.07) is 14.1. The molecule has 0 unspecified atom stereocenters. The Morgan fingerprint density at radius 1 is 1.11 bits per heavy atom. The summed E-state index contributed by atoms with van der Waals surface area (Å²) in [4.78, 5) is 10.4. The Morgan fingerprint density at radius 2 is 1.95 bits per heavy atom. The maximum absolute atomic E-state index is 10.8. The number of fused-ring (bicyclic) bond motifs is 1. The first-order valence-electron chi connectivity index (χ1n) is 5.66. The second-order valence-corrected chi connectivity index (χ2v) is 4.60. The largest absolute Gasteiger partial charge is 0.316 e. The van der Waals surface area contributed by atoms with E-state index in [0.717, 1.165) is 16.8 Å². The maximum Gasteiger partial charge on any atom is 0.270 e. The van der Waals surface area contributed by atoms with Crippen molar-refractivity contribution in [1.29, 1.82) is 0 Å². The number of aromatic nitrogens is 1. The van der Waals surface area contributed by atoms with Gasteiger partial charge in [0.25, 0.3) is 5.69 Å². The highest BCUT2D eigenvalue weighted by atomic mass is 35.5. The number of rotatable bonds is 2. The standard InChI is InChI=1S/C14H9ClN2O2/c15-11-6-7-16-12(9-11)4-5-14(16)10-2-1-3-13(8-10)17(18)19/h1-9H. The molecule has 0 aliphatic heterocycles. The summed E-state index contributed by atoms with van der Waals surface area (Å²) in [5.41, 5.74) is 2.74. The van der Waals surface area contributed by atoms with Gasteiger partial charge in [-0.25, -0.2) is 0 Å². The van der Waals surface area contributed by atoms with Crippen LogP contribution in [0.1, 0.15) is 0 Å². The molecule has 1 aromatic carbocycles. The van der Waals surface area contributed by atoms with Crippen LogP contribution < -0.4 is 0 Å². The lowest BCUT2D eigenvalue weighted by molar-refractivity contribution is -0.384. The van der Waals surface area contributed by atoms with Crippen LogP contribution in [0.15, 0.2) is 54.7 Å². The Bertz CT molecular complexity index is 780. The van der Waals surface area contributed by atoms with E-state index < -0.39 is 4.92 Å². The van der Waals surface area contributed by atoms with Crippen LogP contribution in [0.25, 0.3) is 16.8 Å². The minimum Gasteiger partial charge on any atom is -0.316 e. The number of nitrogens with zero attached hydrogens (tertiary/aromatic N) is 2. The molecule has 0 aliphatic carbocycles. The van der Waals surface area contributed by atoms with Crippen LogP contribution in [0.2, 0.25) is 5.02 Å². The van der Waals surface area contributed by atoms with Crippen LogP contribution in [0.3, 0.4) is 0 Å². The van der Waals surface area contributed by atoms with Crippen molar-refractivity contribution in [2.24, 2.45) is 0 Å². The van der Waals surface area contributed by atoms with E-state index in [-0.39, 0.29) is 5.69 Å². The number of non-ortho nitro benzene ring substituents is 1. The van der Waals surface area contributed by atoms with Crippen molar-refractivity contribution in [3.05, 3.63) is 69.9 Å². The van der Waals surface area contributed by atoms with E-state index in [4.69, 9.17) is 11.6 Å². The molecule has 3 aromatic rings. The molecular weight excluding hydrogens is 264 g/mol. The predicted octanol–water partition coefficient (Wildman–Crippen LogP) is 4.17. The lowest BCUT2D eigenvalue weighted by Gasteiger charge is -2.03. The Labute approximate surface area is 114 Å². The van der Waals surface area contributed by atoms with Gasteiger partial charge in [-0.3, -0.25) is 10.1 Å². The molecule has 4 nitrogen and oxygen atoms in total. The van der Waals surface area contributed by atoms with Crippen LogP contribution in [-0.4, -0.2) is 9.32 Å². The summed E-state index contributed by atoms with van der Waals surface area (Å²) < 4.78 is 1.95. The van der Waals surface area contributed by atoms with Crippen LogP contribution in [0.5, 0.6) is 0 Å². The molecule has 0 fully saturated rings. The lowest BCUT2D eigenvalue weighted by atomic mass is 10.1. The third-order valence-electron chi connectivity index (χ3n) is 2.97. The van der Waals surface area contributed by atoms with Gasteiger partial charge in [0.05, 0.1) is 10.6 Å². The molecule has 94 valence electrons. The molecule has 2 aromatic heterocycles. The van der Waals surface area contributed by atoms with Crippen LogP contribution in [0.4, 0.5) is 5.69 Å². The molecule has 3 rings (SSSR count). The topological polar surface area (TPSA) is 47.5 Å². The van der Waals surface area contributed by atoms with Gasteiger partial charge in [0.15, 0.2) is 0 Å². The Kier molecular flexibility index (Phi) is 2.72. The van der Waals surface area contributed by atoms with E-state index in [0.29, 0.717) is 5.02 Å². The predicted molar refractivity (Wildman–Crippen MR) is 74.5 cm³/mol. The third-order valence-corrected chi connectivity index (χ3v) is 3.21. The molecule has 0 spiro atoms. The first-order chi connectivity index (χ1) is 9.15. The zero-order valence-electron chi connectivity index (χ0n) is 9.79. The molecule has 0 saturated heterocycles. The average Bonchev–Trinajstić information content (AvgIpc) is 2.81. The zero-order chi connectivity index (χ0) is 13.4. The monoisotopic (exact) mass is 272 g/mol. The van der Waals surface area contributed by atoms with E-state index in [1.807, 2.05) is 34.9 Å². The van der Waals surface area contributed by atoms with Crippen molar-refractivity contribution >= 4 is 22.8 Å². The minimum absolute atomic E-state index is 0.0846. The normalized spacial score (nSPS) is 10.8. The van der Waals surface area contributed by atoms with Gasteiger partial charge in [0.1, 0.15) is 0 Å². The number of pyridine rings is 1. The number of nitro groups is 1. The summed E-state index contributed by atoms with van der Waals surface area (Å²) >= 11 is 5.94. The highest BCUT2D eigenvalue weighted by molar-refractivity contribution is 6.30. The average molecular weight is 273 g/mol. The van der Waals surface area contributed by atoms with Gasteiger partial charge in [0, 0.05) is 34.4 Å². The van der Waals surface area contributed by atoms with Gasteiger partial charge < -0.3 is 4.40 Å². The number of benzene rings is 1. The van der Waals surface area contributed by atoms with Crippen LogP contribution in [0, 0.1) is 10.1 Å². The van der Waals surface area contributed by atoms with Gasteiger partial charge in [-0.05, 0) is 24.3 Å². The number of nitro benzene ring substituents is 1. The fourth-order valence-corrected chi connectivity index (χ4v) is 2.27. The van der Waals surface area contributed by atoms with Gasteiger partial charge >= 0.3 is 0 Å². The van der Waals surface area contributed by atoms with Crippen molar-refractivity contribution in [3.8, 4) is 11.3 Å². The first-order valence-corrected chi connectivity index (χ1v) is 6.04. The van der Waals surface area contributed by atoms with Crippen molar-refractivity contribution in [3.63, 3.8) is 0 Å². The highest BCUT2D eigenvalue weighted by Gasteiger charge is 2.09. The zero-order valence-corrected chi connectivity index (χ0v) is 10.5. The summed E-state index contributed by atoms with van der Waals surface area (Å²) in [7, 11) is 0. The molecule has 0 aliphatic rings. The fourth-order valence-electron chi connectivity index (χ4n) is 2.10. The minimum atomic E-state index is -0.393. The molecule has 0 radical (unpaired) electrons. The Balaban J connectivity index is 2.19. The quantitative estimate of drug-likeness (QED) is 0.519. The Hall–Kier alpha value is -2.33.